The zero-order valence-corrected chi connectivity index (χ0v) is 14.8. The standard InChI is InChI=1S/C18H23F3N2O3/c1-12(2)10-25-16-7-14-8-22(17(24)23(14)9-16)13-3-5-15(6-4-13)26-11-18(19,20)21/h3-6,12,14,16H,7-11H2,1-2H3/t14-,16-/m1/s1. The number of urea groups is 1. The molecular formula is C18H23F3N2O3. The van der Waals surface area contributed by atoms with Crippen molar-refractivity contribution in [3.05, 3.63) is 24.3 Å². The number of alkyl halides is 3. The number of hydrogen-bond donors (Lipinski definition) is 0. The third-order valence-corrected chi connectivity index (χ3v) is 4.46. The van der Waals surface area contributed by atoms with Gasteiger partial charge in [-0.05, 0) is 36.6 Å². The van der Waals surface area contributed by atoms with Crippen LogP contribution in [0.2, 0.25) is 0 Å². The predicted octanol–water partition coefficient (Wildman–Crippen LogP) is 3.68. The topological polar surface area (TPSA) is 42.0 Å². The number of anilines is 1. The van der Waals surface area contributed by atoms with E-state index in [1.807, 2.05) is 4.90 Å². The SMILES string of the molecule is CC(C)CO[C@@H]1C[C@@H]2CN(c3ccc(OCC(F)(F)F)cc3)C(=O)N2C1. The van der Waals surface area contributed by atoms with Gasteiger partial charge in [-0.1, -0.05) is 13.8 Å². The van der Waals surface area contributed by atoms with Crippen LogP contribution in [0.5, 0.6) is 5.75 Å². The molecule has 8 heteroatoms. The van der Waals surface area contributed by atoms with Crippen molar-refractivity contribution in [3.8, 4) is 5.75 Å². The highest BCUT2D eigenvalue weighted by Crippen LogP contribution is 2.32. The zero-order valence-electron chi connectivity index (χ0n) is 14.8. The van der Waals surface area contributed by atoms with Crippen LogP contribution in [-0.2, 0) is 4.74 Å². The van der Waals surface area contributed by atoms with E-state index in [1.165, 1.54) is 12.1 Å². The molecule has 0 aromatic heterocycles. The van der Waals surface area contributed by atoms with Crippen LogP contribution in [0.4, 0.5) is 23.7 Å². The van der Waals surface area contributed by atoms with Crippen LogP contribution in [0.3, 0.4) is 0 Å². The zero-order chi connectivity index (χ0) is 18.9. The first-order chi connectivity index (χ1) is 12.2. The minimum Gasteiger partial charge on any atom is -0.484 e. The van der Waals surface area contributed by atoms with E-state index in [2.05, 4.69) is 13.8 Å². The van der Waals surface area contributed by atoms with Crippen molar-refractivity contribution >= 4 is 11.7 Å². The second kappa shape index (κ2) is 7.34. The molecule has 1 aromatic rings. The Hall–Kier alpha value is -1.96. The Morgan fingerprint density at radius 2 is 1.88 bits per heavy atom. The first kappa shape index (κ1) is 18.8. The molecule has 2 atom stereocenters. The van der Waals surface area contributed by atoms with Crippen molar-refractivity contribution < 1.29 is 27.4 Å². The first-order valence-corrected chi connectivity index (χ1v) is 8.72. The number of amides is 2. The highest BCUT2D eigenvalue weighted by molar-refractivity contribution is 5.95. The summed E-state index contributed by atoms with van der Waals surface area (Å²) in [6, 6.07) is 6.14. The lowest BCUT2D eigenvalue weighted by molar-refractivity contribution is -0.153. The first-order valence-electron chi connectivity index (χ1n) is 8.72. The molecule has 0 aliphatic carbocycles. The molecule has 1 aromatic carbocycles. The Bertz CT molecular complexity index is 634. The maximum Gasteiger partial charge on any atom is 0.422 e. The number of halogens is 3. The summed E-state index contributed by atoms with van der Waals surface area (Å²) in [6.07, 6.45) is -3.49. The highest BCUT2D eigenvalue weighted by Gasteiger charge is 2.44. The fourth-order valence-electron chi connectivity index (χ4n) is 3.28. The maximum absolute atomic E-state index is 12.6. The molecule has 26 heavy (non-hydrogen) atoms. The van der Waals surface area contributed by atoms with E-state index in [0.29, 0.717) is 31.3 Å². The quantitative estimate of drug-likeness (QED) is 0.765. The van der Waals surface area contributed by atoms with Crippen molar-refractivity contribution in [1.29, 1.82) is 0 Å². The summed E-state index contributed by atoms with van der Waals surface area (Å²) in [5, 5.41) is 0. The van der Waals surface area contributed by atoms with Crippen molar-refractivity contribution in [3.63, 3.8) is 0 Å². The predicted molar refractivity (Wildman–Crippen MR) is 90.4 cm³/mol. The van der Waals surface area contributed by atoms with Crippen molar-refractivity contribution in [2.24, 2.45) is 5.92 Å². The van der Waals surface area contributed by atoms with E-state index in [4.69, 9.17) is 9.47 Å². The number of nitrogens with zero attached hydrogens (tertiary/aromatic N) is 2. The second-order valence-electron chi connectivity index (χ2n) is 7.18. The van der Waals surface area contributed by atoms with E-state index >= 15 is 0 Å². The summed E-state index contributed by atoms with van der Waals surface area (Å²) in [5.41, 5.74) is 0.656. The van der Waals surface area contributed by atoms with E-state index in [0.717, 1.165) is 6.42 Å². The molecule has 0 N–H and O–H groups in total. The monoisotopic (exact) mass is 372 g/mol. The summed E-state index contributed by atoms with van der Waals surface area (Å²) >= 11 is 0. The Morgan fingerprint density at radius 1 is 1.19 bits per heavy atom. The van der Waals surface area contributed by atoms with Gasteiger partial charge in [0, 0.05) is 25.4 Å². The molecule has 2 saturated heterocycles. The van der Waals surface area contributed by atoms with Crippen LogP contribution in [-0.4, -0.2) is 55.6 Å². The molecule has 2 heterocycles. The molecule has 144 valence electrons. The van der Waals surface area contributed by atoms with Gasteiger partial charge in [-0.3, -0.25) is 4.90 Å². The molecule has 5 nitrogen and oxygen atoms in total. The van der Waals surface area contributed by atoms with Gasteiger partial charge in [0.1, 0.15) is 5.75 Å². The van der Waals surface area contributed by atoms with Crippen LogP contribution < -0.4 is 9.64 Å². The summed E-state index contributed by atoms with van der Waals surface area (Å²) in [4.78, 5) is 16.1. The third-order valence-electron chi connectivity index (χ3n) is 4.46. The van der Waals surface area contributed by atoms with Crippen molar-refractivity contribution in [2.75, 3.05) is 31.2 Å². The molecule has 2 fully saturated rings. The minimum atomic E-state index is -4.37. The van der Waals surface area contributed by atoms with Gasteiger partial charge in [0.25, 0.3) is 0 Å². The molecule has 0 saturated carbocycles. The van der Waals surface area contributed by atoms with Gasteiger partial charge in [-0.25, -0.2) is 4.79 Å². The smallest absolute Gasteiger partial charge is 0.422 e. The Labute approximate surface area is 150 Å². The average Bonchev–Trinajstić information content (AvgIpc) is 3.10. The largest absolute Gasteiger partial charge is 0.484 e. The molecule has 0 unspecified atom stereocenters. The van der Waals surface area contributed by atoms with Gasteiger partial charge in [0.05, 0.1) is 12.1 Å². The molecule has 0 spiro atoms. The van der Waals surface area contributed by atoms with Gasteiger partial charge in [0.15, 0.2) is 6.61 Å². The lowest BCUT2D eigenvalue weighted by Crippen LogP contribution is -2.34. The number of hydrogen-bond acceptors (Lipinski definition) is 3. The molecule has 0 radical (unpaired) electrons. The fraction of sp³-hybridized carbons (Fsp3) is 0.611. The van der Waals surface area contributed by atoms with Crippen LogP contribution in [0, 0.1) is 5.92 Å². The molecule has 2 aliphatic heterocycles. The normalized spacial score (nSPS) is 23.1. The van der Waals surface area contributed by atoms with Crippen LogP contribution >= 0.6 is 0 Å². The summed E-state index contributed by atoms with van der Waals surface area (Å²) in [5.74, 6) is 0.580. The maximum atomic E-state index is 12.6. The van der Waals surface area contributed by atoms with Gasteiger partial charge in [-0.15, -0.1) is 0 Å². The lowest BCUT2D eigenvalue weighted by Gasteiger charge is -2.20. The van der Waals surface area contributed by atoms with Crippen LogP contribution in [0.25, 0.3) is 0 Å². The van der Waals surface area contributed by atoms with Gasteiger partial charge >= 0.3 is 12.2 Å². The number of carbonyl (C=O) groups excluding carboxylic acids is 1. The number of fused-ring (bicyclic) bond motifs is 1. The number of benzene rings is 1. The summed E-state index contributed by atoms with van der Waals surface area (Å²) in [6.45, 7) is 4.67. The molecule has 3 rings (SSSR count). The Kier molecular flexibility index (Phi) is 5.32. The van der Waals surface area contributed by atoms with Gasteiger partial charge in [0.2, 0.25) is 0 Å². The second-order valence-corrected chi connectivity index (χ2v) is 7.18. The highest BCUT2D eigenvalue weighted by atomic mass is 19.4. The van der Waals surface area contributed by atoms with E-state index < -0.39 is 12.8 Å². The molecule has 2 aliphatic rings. The van der Waals surface area contributed by atoms with Crippen molar-refractivity contribution in [2.45, 2.75) is 38.6 Å². The number of carbonyl (C=O) groups is 1. The van der Waals surface area contributed by atoms with Gasteiger partial charge < -0.3 is 14.4 Å². The van der Waals surface area contributed by atoms with Crippen LogP contribution in [0.1, 0.15) is 20.3 Å². The average molecular weight is 372 g/mol. The van der Waals surface area contributed by atoms with E-state index in [-0.39, 0.29) is 23.9 Å². The van der Waals surface area contributed by atoms with E-state index in [9.17, 15) is 18.0 Å². The molecular weight excluding hydrogens is 349 g/mol. The Balaban J connectivity index is 1.56. The van der Waals surface area contributed by atoms with Gasteiger partial charge in [-0.2, -0.15) is 13.2 Å². The fourth-order valence-corrected chi connectivity index (χ4v) is 3.28. The van der Waals surface area contributed by atoms with Crippen LogP contribution in [0.15, 0.2) is 24.3 Å². The third kappa shape index (κ3) is 4.41. The van der Waals surface area contributed by atoms with E-state index in [1.54, 1.807) is 17.0 Å². The number of ether oxygens (including phenoxy) is 2. The summed E-state index contributed by atoms with van der Waals surface area (Å²) < 4.78 is 47.1. The molecule has 2 amide bonds. The minimum absolute atomic E-state index is 0.0756. The molecule has 0 bridgehead atoms. The van der Waals surface area contributed by atoms with Crippen molar-refractivity contribution in [1.82, 2.24) is 4.90 Å². The summed E-state index contributed by atoms with van der Waals surface area (Å²) in [7, 11) is 0. The lowest BCUT2D eigenvalue weighted by atomic mass is 10.2. The Morgan fingerprint density at radius 3 is 2.46 bits per heavy atom. The number of rotatable bonds is 6.